The minimum Gasteiger partial charge on any atom is -0.295 e. The van der Waals surface area contributed by atoms with Crippen molar-refractivity contribution in [3.05, 3.63) is 27.0 Å². The minimum atomic E-state index is -0.707. The number of hydrogen-bond acceptors (Lipinski definition) is 3. The van der Waals surface area contributed by atoms with Gasteiger partial charge in [-0.3, -0.25) is 14.9 Å². The zero-order valence-corrected chi connectivity index (χ0v) is 9.90. The second kappa shape index (κ2) is 2.83. The summed E-state index contributed by atoms with van der Waals surface area (Å²) in [4.78, 5) is 25.7. The van der Waals surface area contributed by atoms with Gasteiger partial charge in [0, 0.05) is 16.2 Å². The van der Waals surface area contributed by atoms with Gasteiger partial charge >= 0.3 is 0 Å². The van der Waals surface area contributed by atoms with Crippen LogP contribution in [0.5, 0.6) is 0 Å². The van der Waals surface area contributed by atoms with E-state index in [1.54, 1.807) is 11.3 Å². The third-order valence-electron chi connectivity index (χ3n) is 3.48. The predicted octanol–water partition coefficient (Wildman–Crippen LogP) is 1.68. The van der Waals surface area contributed by atoms with E-state index in [9.17, 15) is 9.59 Å². The highest BCUT2D eigenvalue weighted by molar-refractivity contribution is 7.13. The van der Waals surface area contributed by atoms with E-state index in [1.807, 2.05) is 19.1 Å². The normalized spacial score (nSPS) is 26.6. The summed E-state index contributed by atoms with van der Waals surface area (Å²) in [6.07, 6.45) is 4.10. The van der Waals surface area contributed by atoms with Crippen LogP contribution >= 0.6 is 11.3 Å². The van der Waals surface area contributed by atoms with Crippen molar-refractivity contribution >= 4 is 29.2 Å². The maximum absolute atomic E-state index is 12.0. The van der Waals surface area contributed by atoms with Crippen LogP contribution in [0.2, 0.25) is 0 Å². The highest BCUT2D eigenvalue weighted by Crippen LogP contribution is 2.47. The van der Waals surface area contributed by atoms with Gasteiger partial charge in [0.25, 0.3) is 0 Å². The molecule has 1 aromatic heterocycles. The second-order valence-corrected chi connectivity index (χ2v) is 5.64. The van der Waals surface area contributed by atoms with E-state index >= 15 is 0 Å². The Kier molecular flexibility index (Phi) is 1.73. The highest BCUT2D eigenvalue weighted by atomic mass is 32.1. The topological polar surface area (TPSA) is 46.2 Å². The number of carbonyl (C=O) groups is 2. The van der Waals surface area contributed by atoms with Crippen molar-refractivity contribution < 1.29 is 9.59 Å². The lowest BCUT2D eigenvalue weighted by atomic mass is 9.80. The van der Waals surface area contributed by atoms with Crippen LogP contribution in [-0.2, 0) is 15.0 Å². The van der Waals surface area contributed by atoms with Crippen LogP contribution in [0.1, 0.15) is 27.3 Å². The summed E-state index contributed by atoms with van der Waals surface area (Å²) in [6, 6.07) is 0. The van der Waals surface area contributed by atoms with E-state index in [0.29, 0.717) is 0 Å². The monoisotopic (exact) mass is 233 g/mol. The van der Waals surface area contributed by atoms with Gasteiger partial charge in [0.15, 0.2) is 0 Å². The number of thiophene rings is 1. The molecule has 1 atom stereocenters. The van der Waals surface area contributed by atoms with Gasteiger partial charge in [-0.2, -0.15) is 0 Å². The second-order valence-electron chi connectivity index (χ2n) is 4.38. The Hall–Kier alpha value is -1.42. The molecular weight excluding hydrogens is 222 g/mol. The fourth-order valence-electron chi connectivity index (χ4n) is 2.58. The number of fused-ring (bicyclic) bond motifs is 2. The molecule has 1 saturated heterocycles. The zero-order chi connectivity index (χ0) is 11.5. The molecule has 3 nitrogen and oxygen atoms in total. The van der Waals surface area contributed by atoms with Crippen LogP contribution in [0.3, 0.4) is 0 Å². The van der Waals surface area contributed by atoms with Crippen molar-refractivity contribution in [2.45, 2.75) is 25.7 Å². The Morgan fingerprint density at radius 1 is 1.38 bits per heavy atom. The molecule has 1 N–H and O–H groups in total. The Morgan fingerprint density at radius 2 is 2.12 bits per heavy atom. The lowest BCUT2D eigenvalue weighted by molar-refractivity contribution is -0.125. The predicted molar refractivity (Wildman–Crippen MR) is 62.3 cm³/mol. The molecule has 0 aromatic carbocycles. The third kappa shape index (κ3) is 0.976. The van der Waals surface area contributed by atoms with Crippen molar-refractivity contribution in [2.75, 3.05) is 0 Å². The molecule has 2 heterocycles. The number of rotatable bonds is 0. The van der Waals surface area contributed by atoms with E-state index in [4.69, 9.17) is 0 Å². The molecule has 1 aliphatic heterocycles. The molecule has 0 saturated carbocycles. The molecule has 3 rings (SSSR count). The molecule has 0 radical (unpaired) electrons. The molecule has 2 amide bonds. The van der Waals surface area contributed by atoms with Crippen molar-refractivity contribution in [2.24, 2.45) is 0 Å². The van der Waals surface area contributed by atoms with Crippen molar-refractivity contribution in [1.82, 2.24) is 5.32 Å². The van der Waals surface area contributed by atoms with Gasteiger partial charge in [-0.15, -0.1) is 11.3 Å². The van der Waals surface area contributed by atoms with Crippen LogP contribution in [-0.4, -0.2) is 11.8 Å². The van der Waals surface area contributed by atoms with Gasteiger partial charge < -0.3 is 0 Å². The zero-order valence-electron chi connectivity index (χ0n) is 9.09. The summed E-state index contributed by atoms with van der Waals surface area (Å²) in [5, 5.41) is 2.40. The molecule has 4 heteroatoms. The Balaban J connectivity index is 2.26. The maximum atomic E-state index is 12.0. The quantitative estimate of drug-likeness (QED) is 0.693. The van der Waals surface area contributed by atoms with E-state index < -0.39 is 5.41 Å². The van der Waals surface area contributed by atoms with Crippen LogP contribution in [0.15, 0.2) is 6.08 Å². The molecule has 1 aromatic rings. The Labute approximate surface area is 97.2 Å². The molecule has 1 fully saturated rings. The summed E-state index contributed by atoms with van der Waals surface area (Å²) in [5.41, 5.74) is 1.48. The fourth-order valence-corrected chi connectivity index (χ4v) is 3.74. The van der Waals surface area contributed by atoms with E-state index in [2.05, 4.69) is 12.2 Å². The highest BCUT2D eigenvalue weighted by Gasteiger charge is 2.50. The molecule has 16 heavy (non-hydrogen) atoms. The van der Waals surface area contributed by atoms with Crippen molar-refractivity contribution in [3.8, 4) is 0 Å². The van der Waals surface area contributed by atoms with Gasteiger partial charge in [0.2, 0.25) is 11.8 Å². The average Bonchev–Trinajstić information content (AvgIpc) is 2.77. The van der Waals surface area contributed by atoms with Crippen LogP contribution < -0.4 is 5.32 Å². The fraction of sp³-hybridized carbons (Fsp3) is 0.333. The number of hydrogen-bond donors (Lipinski definition) is 1. The van der Waals surface area contributed by atoms with Gasteiger partial charge in [-0.1, -0.05) is 6.08 Å². The third-order valence-corrected chi connectivity index (χ3v) is 4.65. The number of imide groups is 1. The first-order valence-corrected chi connectivity index (χ1v) is 6.00. The number of amides is 2. The number of nitrogens with one attached hydrogen (secondary N) is 1. The van der Waals surface area contributed by atoms with Gasteiger partial charge in [-0.25, -0.2) is 0 Å². The molecule has 1 aliphatic carbocycles. The van der Waals surface area contributed by atoms with Gasteiger partial charge in [0.05, 0.1) is 0 Å². The first-order chi connectivity index (χ1) is 7.54. The van der Waals surface area contributed by atoms with Gasteiger partial charge in [-0.05, 0) is 31.1 Å². The first-order valence-electron chi connectivity index (χ1n) is 5.18. The minimum absolute atomic E-state index is 0.173. The molecule has 1 spiro atoms. The maximum Gasteiger partial charge on any atom is 0.241 e. The summed E-state index contributed by atoms with van der Waals surface area (Å²) in [7, 11) is 0. The van der Waals surface area contributed by atoms with E-state index in [-0.39, 0.29) is 18.2 Å². The lowest BCUT2D eigenvalue weighted by Crippen LogP contribution is -2.32. The summed E-state index contributed by atoms with van der Waals surface area (Å²) in [6.45, 7) is 4.07. The molecule has 1 unspecified atom stereocenters. The van der Waals surface area contributed by atoms with Crippen LogP contribution in [0.4, 0.5) is 0 Å². The van der Waals surface area contributed by atoms with Crippen LogP contribution in [0, 0.1) is 13.8 Å². The Bertz CT molecular complexity index is 556. The van der Waals surface area contributed by atoms with Crippen molar-refractivity contribution in [3.63, 3.8) is 0 Å². The summed E-state index contributed by atoms with van der Waals surface area (Å²) in [5.74, 6) is -0.348. The molecular formula is C12H11NO2S. The standard InChI is InChI=1S/C12H11NO2S/c1-6-7(2)16-8-3-4-12(10(6)8)5-9(14)13-11(12)15/h3-4H,5H2,1-2H3,(H,13,14,15). The first kappa shape index (κ1) is 9.78. The molecule has 2 aliphatic rings. The molecule has 0 bridgehead atoms. The van der Waals surface area contributed by atoms with E-state index in [1.165, 1.54) is 4.88 Å². The lowest BCUT2D eigenvalue weighted by Gasteiger charge is -2.18. The Morgan fingerprint density at radius 3 is 2.75 bits per heavy atom. The van der Waals surface area contributed by atoms with Crippen LogP contribution in [0.25, 0.3) is 6.08 Å². The number of carbonyl (C=O) groups excluding carboxylic acids is 2. The SMILES string of the molecule is Cc1sc2c(c1C)C1(C=C2)CC(=O)NC1=O. The smallest absolute Gasteiger partial charge is 0.241 e. The average molecular weight is 233 g/mol. The molecule has 82 valence electrons. The summed E-state index contributed by atoms with van der Waals surface area (Å²) >= 11 is 1.69. The largest absolute Gasteiger partial charge is 0.295 e. The summed E-state index contributed by atoms with van der Waals surface area (Å²) < 4.78 is 0. The van der Waals surface area contributed by atoms with Gasteiger partial charge in [0.1, 0.15) is 5.41 Å². The van der Waals surface area contributed by atoms with Crippen molar-refractivity contribution in [1.29, 1.82) is 0 Å². The van der Waals surface area contributed by atoms with E-state index in [0.717, 1.165) is 16.0 Å². The number of aryl methyl sites for hydroxylation is 1.